The third kappa shape index (κ3) is 3.32. The summed E-state index contributed by atoms with van der Waals surface area (Å²) >= 11 is 0. The van der Waals surface area contributed by atoms with Gasteiger partial charge in [-0.25, -0.2) is 4.98 Å². The zero-order chi connectivity index (χ0) is 18.1. The topological polar surface area (TPSA) is 89.2 Å². The zero-order valence-corrected chi connectivity index (χ0v) is 14.4. The van der Waals surface area contributed by atoms with Crippen LogP contribution < -0.4 is 10.9 Å². The molecule has 0 spiro atoms. The lowest BCUT2D eigenvalue weighted by atomic mass is 10.2. The summed E-state index contributed by atoms with van der Waals surface area (Å²) in [7, 11) is 3.66. The van der Waals surface area contributed by atoms with Crippen molar-refractivity contribution in [2.75, 3.05) is 6.54 Å². The molecule has 0 aliphatic carbocycles. The molecule has 7 heteroatoms. The SMILES string of the molecule is Cc1cc(-c2nc3ccc(CNCC(=O)O)cc3n2C)cn(C)c1=O. The van der Waals surface area contributed by atoms with Crippen LogP contribution in [-0.4, -0.2) is 31.7 Å². The molecule has 25 heavy (non-hydrogen) atoms. The molecule has 3 rings (SSSR count). The van der Waals surface area contributed by atoms with Crippen molar-refractivity contribution in [3.05, 3.63) is 51.9 Å². The number of carbonyl (C=O) groups is 1. The normalized spacial score (nSPS) is 11.2. The van der Waals surface area contributed by atoms with Crippen LogP contribution in [0.2, 0.25) is 0 Å². The van der Waals surface area contributed by atoms with Gasteiger partial charge in [-0.15, -0.1) is 0 Å². The maximum Gasteiger partial charge on any atom is 0.317 e. The predicted molar refractivity (Wildman–Crippen MR) is 95.5 cm³/mol. The second-order valence-electron chi connectivity index (χ2n) is 6.14. The zero-order valence-electron chi connectivity index (χ0n) is 14.4. The molecule has 0 radical (unpaired) electrons. The lowest BCUT2D eigenvalue weighted by molar-refractivity contribution is -0.135. The van der Waals surface area contributed by atoms with Crippen LogP contribution >= 0.6 is 0 Å². The molecule has 1 aromatic carbocycles. The minimum atomic E-state index is -0.881. The minimum Gasteiger partial charge on any atom is -0.480 e. The van der Waals surface area contributed by atoms with E-state index in [0.717, 1.165) is 28.0 Å². The molecule has 7 nitrogen and oxygen atoms in total. The third-order valence-corrected chi connectivity index (χ3v) is 4.17. The highest BCUT2D eigenvalue weighted by atomic mass is 16.4. The summed E-state index contributed by atoms with van der Waals surface area (Å²) < 4.78 is 3.54. The summed E-state index contributed by atoms with van der Waals surface area (Å²) in [6.45, 7) is 2.19. The van der Waals surface area contributed by atoms with E-state index in [1.165, 1.54) is 0 Å². The Bertz CT molecular complexity index is 991. The van der Waals surface area contributed by atoms with Gasteiger partial charge in [-0.05, 0) is 30.7 Å². The summed E-state index contributed by atoms with van der Waals surface area (Å²) in [5.74, 6) is -0.0988. The van der Waals surface area contributed by atoms with E-state index in [2.05, 4.69) is 10.3 Å². The number of pyridine rings is 1. The number of rotatable bonds is 5. The number of hydrogen-bond acceptors (Lipinski definition) is 4. The van der Waals surface area contributed by atoms with Crippen molar-refractivity contribution in [1.82, 2.24) is 19.4 Å². The fourth-order valence-corrected chi connectivity index (χ4v) is 2.92. The van der Waals surface area contributed by atoms with Gasteiger partial charge in [0, 0.05) is 38.0 Å². The van der Waals surface area contributed by atoms with Gasteiger partial charge in [0.15, 0.2) is 0 Å². The van der Waals surface area contributed by atoms with Gasteiger partial charge in [-0.3, -0.25) is 9.59 Å². The Morgan fingerprint density at radius 1 is 1.28 bits per heavy atom. The minimum absolute atomic E-state index is 0.0192. The number of carboxylic acids is 1. The number of aryl methyl sites for hydroxylation is 3. The lowest BCUT2D eigenvalue weighted by Crippen LogP contribution is -2.21. The monoisotopic (exact) mass is 340 g/mol. The van der Waals surface area contributed by atoms with Crippen molar-refractivity contribution >= 4 is 17.0 Å². The molecule has 0 amide bonds. The van der Waals surface area contributed by atoms with E-state index in [9.17, 15) is 9.59 Å². The largest absolute Gasteiger partial charge is 0.480 e. The lowest BCUT2D eigenvalue weighted by Gasteiger charge is -2.07. The number of nitrogens with one attached hydrogen (secondary N) is 1. The molecule has 2 heterocycles. The van der Waals surface area contributed by atoms with Crippen LogP contribution in [0, 0.1) is 6.92 Å². The summed E-state index contributed by atoms with van der Waals surface area (Å²) in [5, 5.41) is 11.6. The third-order valence-electron chi connectivity index (χ3n) is 4.17. The van der Waals surface area contributed by atoms with Crippen molar-refractivity contribution in [3.63, 3.8) is 0 Å². The number of fused-ring (bicyclic) bond motifs is 1. The molecular weight excluding hydrogens is 320 g/mol. The molecule has 0 aliphatic rings. The molecule has 0 aliphatic heterocycles. The van der Waals surface area contributed by atoms with E-state index in [0.29, 0.717) is 12.1 Å². The molecule has 0 saturated carbocycles. The Hall–Kier alpha value is -2.93. The number of imidazole rings is 1. The van der Waals surface area contributed by atoms with Gasteiger partial charge in [0.1, 0.15) is 5.82 Å². The molecule has 2 N–H and O–H groups in total. The number of benzene rings is 1. The highest BCUT2D eigenvalue weighted by molar-refractivity contribution is 5.81. The molecular formula is C18H20N4O3. The van der Waals surface area contributed by atoms with Gasteiger partial charge >= 0.3 is 5.97 Å². The number of aliphatic carboxylic acids is 1. The Balaban J connectivity index is 2.00. The first-order chi connectivity index (χ1) is 11.9. The van der Waals surface area contributed by atoms with Gasteiger partial charge < -0.3 is 19.6 Å². The average Bonchev–Trinajstić information content (AvgIpc) is 2.88. The van der Waals surface area contributed by atoms with Gasteiger partial charge in [0.25, 0.3) is 5.56 Å². The predicted octanol–water partition coefficient (Wildman–Crippen LogP) is 1.42. The molecule has 3 aromatic rings. The van der Waals surface area contributed by atoms with Crippen molar-refractivity contribution in [3.8, 4) is 11.4 Å². The highest BCUT2D eigenvalue weighted by Gasteiger charge is 2.12. The van der Waals surface area contributed by atoms with Gasteiger partial charge in [-0.2, -0.15) is 0 Å². The first kappa shape index (κ1) is 16.9. The molecule has 0 atom stereocenters. The molecule has 2 aromatic heterocycles. The number of aromatic nitrogens is 3. The standard InChI is InChI=1S/C18H20N4O3/c1-11-6-13(10-21(2)18(11)25)17-20-14-5-4-12(7-15(14)22(17)3)8-19-9-16(23)24/h4-7,10,19H,8-9H2,1-3H3,(H,23,24). The Kier molecular flexibility index (Phi) is 4.41. The molecule has 0 saturated heterocycles. The number of hydrogen-bond donors (Lipinski definition) is 2. The fourth-order valence-electron chi connectivity index (χ4n) is 2.92. The van der Waals surface area contributed by atoms with Crippen LogP contribution in [0.1, 0.15) is 11.1 Å². The van der Waals surface area contributed by atoms with Crippen LogP contribution in [0.5, 0.6) is 0 Å². The van der Waals surface area contributed by atoms with Crippen LogP contribution in [0.4, 0.5) is 0 Å². The van der Waals surface area contributed by atoms with Crippen molar-refractivity contribution in [1.29, 1.82) is 0 Å². The second-order valence-corrected chi connectivity index (χ2v) is 6.14. The van der Waals surface area contributed by atoms with Gasteiger partial charge in [0.05, 0.1) is 17.6 Å². The Morgan fingerprint density at radius 2 is 2.04 bits per heavy atom. The number of carboxylic acid groups (broad SMARTS) is 1. The Labute approximate surface area is 144 Å². The summed E-state index contributed by atoms with van der Waals surface area (Å²) in [6, 6.07) is 7.69. The van der Waals surface area contributed by atoms with E-state index in [1.807, 2.05) is 35.9 Å². The van der Waals surface area contributed by atoms with Crippen molar-refractivity contribution < 1.29 is 9.90 Å². The van der Waals surface area contributed by atoms with E-state index >= 15 is 0 Å². The van der Waals surface area contributed by atoms with Crippen LogP contribution in [0.15, 0.2) is 35.3 Å². The van der Waals surface area contributed by atoms with E-state index in [4.69, 9.17) is 5.11 Å². The molecule has 0 fully saturated rings. The Morgan fingerprint density at radius 3 is 2.72 bits per heavy atom. The van der Waals surface area contributed by atoms with Crippen molar-refractivity contribution in [2.45, 2.75) is 13.5 Å². The highest BCUT2D eigenvalue weighted by Crippen LogP contribution is 2.24. The average molecular weight is 340 g/mol. The molecule has 0 bridgehead atoms. The van der Waals surface area contributed by atoms with Gasteiger partial charge in [-0.1, -0.05) is 6.07 Å². The molecule has 0 unspecified atom stereocenters. The summed E-state index contributed by atoms with van der Waals surface area (Å²) in [5.41, 5.74) is 4.32. The smallest absolute Gasteiger partial charge is 0.317 e. The summed E-state index contributed by atoms with van der Waals surface area (Å²) in [6.07, 6.45) is 1.78. The van der Waals surface area contributed by atoms with E-state index in [1.54, 1.807) is 24.7 Å². The first-order valence-corrected chi connectivity index (χ1v) is 7.92. The van der Waals surface area contributed by atoms with E-state index in [-0.39, 0.29) is 12.1 Å². The first-order valence-electron chi connectivity index (χ1n) is 7.92. The maximum atomic E-state index is 11.9. The van der Waals surface area contributed by atoms with Gasteiger partial charge in [0.2, 0.25) is 0 Å². The van der Waals surface area contributed by atoms with Crippen molar-refractivity contribution in [2.24, 2.45) is 14.1 Å². The van der Waals surface area contributed by atoms with Crippen LogP contribution in [-0.2, 0) is 25.4 Å². The maximum absolute atomic E-state index is 11.9. The van der Waals surface area contributed by atoms with E-state index < -0.39 is 5.97 Å². The van der Waals surface area contributed by atoms with Crippen LogP contribution in [0.25, 0.3) is 22.4 Å². The second kappa shape index (κ2) is 6.52. The fraction of sp³-hybridized carbons (Fsp3) is 0.278. The quantitative estimate of drug-likeness (QED) is 0.733. The molecule has 130 valence electrons. The summed E-state index contributed by atoms with van der Waals surface area (Å²) in [4.78, 5) is 27.2. The number of nitrogens with zero attached hydrogens (tertiary/aromatic N) is 3. The van der Waals surface area contributed by atoms with Crippen LogP contribution in [0.3, 0.4) is 0 Å².